The monoisotopic (exact) mass is 1190 g/mol. The standard InChI is InChI=1S/3C8H7N.C8H10O.C7H9N.3C6H7NO.3C6H7N/c1-7-2-4-8(6-9)5-3-7;1-7-3-2-4-8(5-7)6-9;1-7-4-2-3-5-8(7)6-9;1-7-3-5-8(9-2)6-4-7;1-6-3-4-8-7(2)5-6;1-6-2-4-7(8)5-3-6;1-6-3-2-4-7(8)5-6;1-6-4-2-3-5-7(6)8;1-6-2-4-7-5-3-6;1-6-3-2-4-7-5-6;1-6-4-2-3-5-7-6/h3*2-5H,1H3;3-6H,1-2H3;3-5H,1-2H3;3*2-5H,1H3;3*2-5H,1H3. The van der Waals surface area contributed by atoms with Gasteiger partial charge in [-0.05, 0) is 201 Å². The molecule has 0 aliphatic rings. The number of benzene rings is 4. The lowest BCUT2D eigenvalue weighted by atomic mass is 10.1. The van der Waals surface area contributed by atoms with Crippen LogP contribution in [0.4, 0.5) is 0 Å². The van der Waals surface area contributed by atoms with Crippen molar-refractivity contribution in [1.29, 1.82) is 15.8 Å². The second-order valence-electron chi connectivity index (χ2n) is 19.5. The fourth-order valence-electron chi connectivity index (χ4n) is 6.29. The van der Waals surface area contributed by atoms with E-state index in [-0.39, 0.29) is 0 Å². The summed E-state index contributed by atoms with van der Waals surface area (Å²) in [6.07, 6.45) is 18.2. The second-order valence-corrected chi connectivity index (χ2v) is 19.5. The van der Waals surface area contributed by atoms with Crippen molar-refractivity contribution in [2.24, 2.45) is 0 Å². The van der Waals surface area contributed by atoms with Gasteiger partial charge in [0.2, 0.25) is 0 Å². The van der Waals surface area contributed by atoms with Crippen LogP contribution in [0.1, 0.15) is 83.8 Å². The third kappa shape index (κ3) is 40.5. The zero-order chi connectivity index (χ0) is 66.0. The van der Waals surface area contributed by atoms with E-state index in [0.717, 1.165) is 76.0 Å². The number of nitrogens with zero attached hydrogens (tertiary/aromatic N) is 10. The zero-order valence-electron chi connectivity index (χ0n) is 53.4. The molecule has 14 nitrogen and oxygen atoms in total. The van der Waals surface area contributed by atoms with Crippen LogP contribution in [0.15, 0.2) is 262 Å². The summed E-state index contributed by atoms with van der Waals surface area (Å²) in [6, 6.07) is 67.0. The third-order valence-electron chi connectivity index (χ3n) is 11.3. The first-order valence-electron chi connectivity index (χ1n) is 28.1. The number of rotatable bonds is 1. The summed E-state index contributed by atoms with van der Waals surface area (Å²) in [5.74, 6) is 0.917. The Morgan fingerprint density at radius 1 is 0.371 bits per heavy atom. The molecule has 14 heteroatoms. The summed E-state index contributed by atoms with van der Waals surface area (Å²) in [7, 11) is 1.67. The molecule has 0 bridgehead atoms. The van der Waals surface area contributed by atoms with Crippen LogP contribution >= 0.6 is 0 Å². The smallest absolute Gasteiger partial charge is 0.189 e. The van der Waals surface area contributed by atoms with E-state index in [4.69, 9.17) is 20.5 Å². The van der Waals surface area contributed by atoms with Crippen molar-refractivity contribution >= 4 is 0 Å². The van der Waals surface area contributed by atoms with Crippen LogP contribution in [0, 0.1) is 133 Å². The van der Waals surface area contributed by atoms with E-state index in [1.165, 1.54) is 58.8 Å². The molecular weight excluding hydrogens is 1100 g/mol. The summed E-state index contributed by atoms with van der Waals surface area (Å²) in [5, 5.41) is 56.5. The van der Waals surface area contributed by atoms with E-state index in [2.05, 4.69) is 58.1 Å². The van der Waals surface area contributed by atoms with Crippen molar-refractivity contribution < 1.29 is 18.9 Å². The summed E-state index contributed by atoms with van der Waals surface area (Å²) in [4.78, 5) is 15.7. The van der Waals surface area contributed by atoms with E-state index >= 15 is 0 Å². The molecule has 7 aromatic heterocycles. The van der Waals surface area contributed by atoms with Gasteiger partial charge in [-0.3, -0.25) is 19.9 Å². The summed E-state index contributed by atoms with van der Waals surface area (Å²) >= 11 is 0. The minimum atomic E-state index is 0.723. The molecule has 11 rings (SSSR count). The third-order valence-corrected chi connectivity index (χ3v) is 11.3. The highest BCUT2D eigenvalue weighted by atomic mass is 16.5. The molecule has 0 radical (unpaired) electrons. The Morgan fingerprint density at radius 2 is 0.921 bits per heavy atom. The molecule has 89 heavy (non-hydrogen) atoms. The van der Waals surface area contributed by atoms with E-state index in [1.807, 2.05) is 226 Å². The van der Waals surface area contributed by atoms with Crippen LogP contribution in [0.2, 0.25) is 0 Å². The molecule has 11 aromatic rings. The predicted octanol–water partition coefficient (Wildman–Crippen LogP) is 15.4. The number of hydrogen-bond acceptors (Lipinski definition) is 11. The van der Waals surface area contributed by atoms with Gasteiger partial charge in [0, 0.05) is 91.4 Å². The fourth-order valence-corrected chi connectivity index (χ4v) is 6.29. The van der Waals surface area contributed by atoms with Gasteiger partial charge in [0.05, 0.1) is 42.0 Å². The Hall–Kier alpha value is -11.4. The van der Waals surface area contributed by atoms with Crippen LogP contribution in [-0.4, -0.2) is 27.0 Å². The van der Waals surface area contributed by atoms with E-state index in [0.29, 0.717) is 0 Å². The van der Waals surface area contributed by atoms with Gasteiger partial charge >= 0.3 is 0 Å². The lowest BCUT2D eigenvalue weighted by Crippen LogP contribution is -2.28. The highest BCUT2D eigenvalue weighted by molar-refractivity contribution is 5.36. The van der Waals surface area contributed by atoms with Gasteiger partial charge in [-0.2, -0.15) is 30.0 Å². The van der Waals surface area contributed by atoms with Crippen LogP contribution in [0.5, 0.6) is 5.75 Å². The summed E-state index contributed by atoms with van der Waals surface area (Å²) < 4.78 is 7.36. The molecule has 0 unspecified atom stereocenters. The van der Waals surface area contributed by atoms with Crippen molar-refractivity contribution in [2.45, 2.75) is 83.1 Å². The summed E-state index contributed by atoms with van der Waals surface area (Å²) in [5.41, 5.74) is 15.6. The zero-order valence-corrected chi connectivity index (χ0v) is 53.4. The van der Waals surface area contributed by atoms with Crippen molar-refractivity contribution in [3.05, 3.63) is 362 Å². The maximum Gasteiger partial charge on any atom is 0.189 e. The molecule has 0 aliphatic heterocycles. The van der Waals surface area contributed by atoms with Crippen LogP contribution < -0.4 is 18.9 Å². The number of aromatic nitrogens is 7. The average molecular weight is 1190 g/mol. The highest BCUT2D eigenvalue weighted by Crippen LogP contribution is 2.10. The SMILES string of the molecule is COc1ccc(C)cc1.Cc1cc[n+]([O-])cc1.Cc1ccc(C#N)cc1.Cc1ccc[n+]([O-])c1.Cc1cccc(C#N)c1.Cc1cccc[n+]1[O-].Cc1ccccc1C#N.Cc1ccccn1.Cc1cccnc1.Cc1ccnc(C)c1.Cc1ccncc1. The van der Waals surface area contributed by atoms with Gasteiger partial charge in [-0.25, -0.2) is 0 Å². The van der Waals surface area contributed by atoms with Crippen molar-refractivity contribution in [1.82, 2.24) is 19.9 Å². The van der Waals surface area contributed by atoms with Gasteiger partial charge in [0.15, 0.2) is 36.7 Å². The van der Waals surface area contributed by atoms with Gasteiger partial charge < -0.3 is 20.4 Å². The molecule has 7 heterocycles. The molecular formula is C75H82N10O4. The predicted molar refractivity (Wildman–Crippen MR) is 356 cm³/mol. The fraction of sp³-hybridized carbons (Fsp3) is 0.173. The highest BCUT2D eigenvalue weighted by Gasteiger charge is 1.92. The molecule has 0 aliphatic carbocycles. The molecule has 0 spiro atoms. The number of methoxy groups -OCH3 is 1. The maximum absolute atomic E-state index is 10.5. The number of ether oxygens (including phenoxy) is 1. The topological polar surface area (TPSA) is 213 Å². The van der Waals surface area contributed by atoms with Crippen LogP contribution in [-0.2, 0) is 0 Å². The van der Waals surface area contributed by atoms with Gasteiger partial charge in [0.25, 0.3) is 0 Å². The molecule has 4 aromatic carbocycles. The number of nitriles is 3. The van der Waals surface area contributed by atoms with Gasteiger partial charge in [-0.1, -0.05) is 83.9 Å². The first kappa shape index (κ1) is 75.6. The lowest BCUT2D eigenvalue weighted by Gasteiger charge is -1.97. The molecule has 0 saturated carbocycles. The molecule has 0 N–H and O–H groups in total. The first-order chi connectivity index (χ1) is 42.7. The minimum Gasteiger partial charge on any atom is -0.619 e. The van der Waals surface area contributed by atoms with Gasteiger partial charge in [-0.15, -0.1) is 0 Å². The minimum absolute atomic E-state index is 0.723. The molecule has 456 valence electrons. The maximum atomic E-state index is 10.5. The Kier molecular flexibility index (Phi) is 39.9. The normalized spacial score (nSPS) is 8.83. The largest absolute Gasteiger partial charge is 0.619 e. The van der Waals surface area contributed by atoms with E-state index in [1.54, 1.807) is 75.2 Å². The van der Waals surface area contributed by atoms with Crippen LogP contribution in [0.3, 0.4) is 0 Å². The number of hydrogen-bond donors (Lipinski definition) is 0. The first-order valence-corrected chi connectivity index (χ1v) is 28.1. The Morgan fingerprint density at radius 3 is 1.29 bits per heavy atom. The molecule has 0 amide bonds. The van der Waals surface area contributed by atoms with Crippen molar-refractivity contribution in [3.63, 3.8) is 0 Å². The lowest BCUT2D eigenvalue weighted by molar-refractivity contribution is -0.612. The Labute approximate surface area is 528 Å². The Balaban J connectivity index is 0.000000490. The quantitative estimate of drug-likeness (QED) is 0.111. The van der Waals surface area contributed by atoms with E-state index < -0.39 is 0 Å². The van der Waals surface area contributed by atoms with E-state index in [9.17, 15) is 15.6 Å². The van der Waals surface area contributed by atoms with Crippen molar-refractivity contribution in [2.75, 3.05) is 7.11 Å². The number of pyridine rings is 7. The molecule has 0 atom stereocenters. The molecule has 0 saturated heterocycles. The number of aryl methyl sites for hydroxylation is 12. The Bertz CT molecular complexity index is 3530. The van der Waals surface area contributed by atoms with Gasteiger partial charge in [0.1, 0.15) is 5.75 Å². The average Bonchev–Trinajstić information content (AvgIpc) is 3.55. The molecule has 0 fully saturated rings. The summed E-state index contributed by atoms with van der Waals surface area (Å²) in [6.45, 7) is 23.7. The second kappa shape index (κ2) is 46.9. The van der Waals surface area contributed by atoms with Crippen molar-refractivity contribution in [3.8, 4) is 24.0 Å². The van der Waals surface area contributed by atoms with Crippen LogP contribution in [0.25, 0.3) is 0 Å².